The number of amides is 1. The molecule has 0 spiro atoms. The summed E-state index contributed by atoms with van der Waals surface area (Å²) in [5, 5.41) is 26.8. The topological polar surface area (TPSA) is 125 Å². The highest BCUT2D eigenvalue weighted by Crippen LogP contribution is 2.32. The summed E-state index contributed by atoms with van der Waals surface area (Å²) in [5.41, 5.74) is 3.32. The Bertz CT molecular complexity index is 1530. The van der Waals surface area contributed by atoms with E-state index in [-0.39, 0.29) is 23.1 Å². The first-order valence-corrected chi connectivity index (χ1v) is 11.0. The fourth-order valence-electron chi connectivity index (χ4n) is 4.17. The summed E-state index contributed by atoms with van der Waals surface area (Å²) in [7, 11) is 0. The summed E-state index contributed by atoms with van der Waals surface area (Å²) < 4.78 is 1.92. The van der Waals surface area contributed by atoms with Crippen LogP contribution in [0.15, 0.2) is 60.9 Å². The van der Waals surface area contributed by atoms with Crippen LogP contribution in [0.25, 0.3) is 22.6 Å². The number of nitrogens with zero attached hydrogens (tertiary/aromatic N) is 6. The van der Waals surface area contributed by atoms with Gasteiger partial charge >= 0.3 is 5.97 Å². The molecule has 0 saturated carbocycles. The van der Waals surface area contributed by atoms with E-state index < -0.39 is 5.97 Å². The Morgan fingerprint density at radius 3 is 2.63 bits per heavy atom. The summed E-state index contributed by atoms with van der Waals surface area (Å²) in [6.07, 6.45) is 1.66. The molecule has 0 bridgehead atoms. The number of hydrogen-bond acceptors (Lipinski definition) is 6. The number of carboxylic acid groups (broad SMARTS) is 1. The number of hydrogen-bond donors (Lipinski definition) is 1. The van der Waals surface area contributed by atoms with Crippen molar-refractivity contribution in [1.29, 1.82) is 5.26 Å². The Morgan fingerprint density at radius 2 is 1.89 bits per heavy atom. The smallest absolute Gasteiger partial charge is 0.337 e. The van der Waals surface area contributed by atoms with Crippen LogP contribution in [0, 0.1) is 11.3 Å². The van der Waals surface area contributed by atoms with Crippen LogP contribution in [0.3, 0.4) is 0 Å². The van der Waals surface area contributed by atoms with Crippen molar-refractivity contribution < 1.29 is 14.7 Å². The fourth-order valence-corrected chi connectivity index (χ4v) is 4.17. The molecule has 1 N–H and O–H groups in total. The van der Waals surface area contributed by atoms with Crippen molar-refractivity contribution in [2.75, 3.05) is 4.90 Å². The minimum atomic E-state index is -1.17. The van der Waals surface area contributed by atoms with E-state index in [0.29, 0.717) is 40.6 Å². The number of carboxylic acids is 1. The van der Waals surface area contributed by atoms with Crippen molar-refractivity contribution in [2.45, 2.75) is 26.4 Å². The highest BCUT2D eigenvalue weighted by Gasteiger charge is 2.30. The Hall–Kier alpha value is -4.84. The Kier molecular flexibility index (Phi) is 5.34. The standard InChI is InChI=1S/C26H20N6O3/c1-15(2)32-14-28-30-24(32)22-4-3-5-23(29-22)31-13-19-9-7-16(10-20(19)25(31)33)17-6-8-18(12-27)21(11-17)26(34)35/h3-11,14-15H,13H2,1-2H3,(H,34,35). The van der Waals surface area contributed by atoms with Gasteiger partial charge < -0.3 is 9.67 Å². The van der Waals surface area contributed by atoms with Crippen LogP contribution in [0.2, 0.25) is 0 Å². The average Bonchev–Trinajstić information content (AvgIpc) is 3.49. The quantitative estimate of drug-likeness (QED) is 0.466. The number of carbonyl (C=O) groups is 2. The van der Waals surface area contributed by atoms with E-state index in [0.717, 1.165) is 5.56 Å². The molecule has 0 unspecified atom stereocenters. The highest BCUT2D eigenvalue weighted by atomic mass is 16.4. The number of carbonyl (C=O) groups excluding carboxylic acids is 1. The Morgan fingerprint density at radius 1 is 1.11 bits per heavy atom. The molecule has 1 aliphatic rings. The lowest BCUT2D eigenvalue weighted by molar-refractivity contribution is 0.0696. The maximum atomic E-state index is 13.3. The molecule has 0 fully saturated rings. The predicted molar refractivity (Wildman–Crippen MR) is 128 cm³/mol. The third-order valence-electron chi connectivity index (χ3n) is 5.99. The van der Waals surface area contributed by atoms with E-state index in [2.05, 4.69) is 10.2 Å². The number of pyridine rings is 1. The number of fused-ring (bicyclic) bond motifs is 1. The molecule has 0 radical (unpaired) electrons. The third-order valence-corrected chi connectivity index (χ3v) is 5.99. The Balaban J connectivity index is 1.48. The van der Waals surface area contributed by atoms with Gasteiger partial charge in [-0.15, -0.1) is 10.2 Å². The second-order valence-corrected chi connectivity index (χ2v) is 8.48. The molecule has 4 aromatic rings. The average molecular weight is 464 g/mol. The number of aromatic carboxylic acids is 1. The highest BCUT2D eigenvalue weighted by molar-refractivity contribution is 6.10. The first kappa shape index (κ1) is 22.0. The van der Waals surface area contributed by atoms with Gasteiger partial charge in [-0.25, -0.2) is 9.78 Å². The SMILES string of the molecule is CC(C)n1cnnc1-c1cccc(N2Cc3ccc(-c4ccc(C#N)c(C(=O)O)c4)cc3C2=O)n1. The van der Waals surface area contributed by atoms with Gasteiger partial charge in [0.25, 0.3) is 5.91 Å². The van der Waals surface area contributed by atoms with Crippen molar-refractivity contribution in [3.8, 4) is 28.7 Å². The molecule has 9 heteroatoms. The van der Waals surface area contributed by atoms with Crippen molar-refractivity contribution in [1.82, 2.24) is 19.7 Å². The molecule has 1 amide bonds. The van der Waals surface area contributed by atoms with E-state index in [9.17, 15) is 20.0 Å². The van der Waals surface area contributed by atoms with Crippen LogP contribution < -0.4 is 4.90 Å². The van der Waals surface area contributed by atoms with E-state index in [4.69, 9.17) is 4.98 Å². The van der Waals surface area contributed by atoms with Crippen LogP contribution in [0.1, 0.15) is 51.7 Å². The van der Waals surface area contributed by atoms with Gasteiger partial charge in [-0.3, -0.25) is 9.69 Å². The molecule has 1 aliphatic heterocycles. The van der Waals surface area contributed by atoms with Crippen molar-refractivity contribution in [3.05, 3.63) is 83.2 Å². The lowest BCUT2D eigenvalue weighted by Gasteiger charge is -2.16. The largest absolute Gasteiger partial charge is 0.478 e. The fraction of sp³-hybridized carbons (Fsp3) is 0.154. The summed E-state index contributed by atoms with van der Waals surface area (Å²) >= 11 is 0. The zero-order chi connectivity index (χ0) is 24.7. The lowest BCUT2D eigenvalue weighted by atomic mass is 9.97. The second kappa shape index (κ2) is 8.50. The Labute approximate surface area is 200 Å². The van der Waals surface area contributed by atoms with Gasteiger partial charge in [0.05, 0.1) is 17.7 Å². The molecule has 9 nitrogen and oxygen atoms in total. The van der Waals surface area contributed by atoms with Crippen LogP contribution in [0.4, 0.5) is 5.82 Å². The number of aromatic nitrogens is 4. The van der Waals surface area contributed by atoms with Crippen molar-refractivity contribution in [3.63, 3.8) is 0 Å². The summed E-state index contributed by atoms with van der Waals surface area (Å²) in [6, 6.07) is 17.6. The predicted octanol–water partition coefficient (Wildman–Crippen LogP) is 4.32. The van der Waals surface area contributed by atoms with Gasteiger partial charge in [-0.2, -0.15) is 5.26 Å². The van der Waals surface area contributed by atoms with Crippen molar-refractivity contribution >= 4 is 17.7 Å². The number of rotatable bonds is 5. The van der Waals surface area contributed by atoms with Crippen LogP contribution >= 0.6 is 0 Å². The van der Waals surface area contributed by atoms with E-state index in [1.807, 2.05) is 48.7 Å². The summed E-state index contributed by atoms with van der Waals surface area (Å²) in [4.78, 5) is 31.2. The molecule has 2 aromatic heterocycles. The van der Waals surface area contributed by atoms with Gasteiger partial charge in [0.2, 0.25) is 0 Å². The molecule has 35 heavy (non-hydrogen) atoms. The first-order chi connectivity index (χ1) is 16.9. The molecular weight excluding hydrogens is 444 g/mol. The second-order valence-electron chi connectivity index (χ2n) is 8.48. The maximum Gasteiger partial charge on any atom is 0.337 e. The van der Waals surface area contributed by atoms with E-state index >= 15 is 0 Å². The molecule has 0 saturated heterocycles. The van der Waals surface area contributed by atoms with Gasteiger partial charge in [0.15, 0.2) is 5.82 Å². The molecule has 0 atom stereocenters. The minimum absolute atomic E-state index is 0.0753. The molecule has 172 valence electrons. The van der Waals surface area contributed by atoms with Gasteiger partial charge in [0.1, 0.15) is 23.9 Å². The van der Waals surface area contributed by atoms with Crippen molar-refractivity contribution in [2.24, 2.45) is 0 Å². The molecule has 3 heterocycles. The molecule has 2 aromatic carbocycles. The van der Waals surface area contributed by atoms with E-state index in [1.54, 1.807) is 29.4 Å². The summed E-state index contributed by atoms with van der Waals surface area (Å²) in [6.45, 7) is 4.43. The number of benzene rings is 2. The first-order valence-electron chi connectivity index (χ1n) is 11.0. The van der Waals surface area contributed by atoms with Gasteiger partial charge in [-0.05, 0) is 60.9 Å². The molecule has 5 rings (SSSR count). The number of nitriles is 1. The molecular formula is C26H20N6O3. The number of anilines is 1. The zero-order valence-electron chi connectivity index (χ0n) is 19.0. The van der Waals surface area contributed by atoms with Crippen LogP contribution in [-0.4, -0.2) is 36.7 Å². The van der Waals surface area contributed by atoms with E-state index in [1.165, 1.54) is 12.1 Å². The minimum Gasteiger partial charge on any atom is -0.478 e. The third kappa shape index (κ3) is 3.81. The summed E-state index contributed by atoms with van der Waals surface area (Å²) in [5.74, 6) is -0.228. The lowest BCUT2D eigenvalue weighted by Crippen LogP contribution is -2.24. The zero-order valence-corrected chi connectivity index (χ0v) is 19.0. The monoisotopic (exact) mass is 464 g/mol. The van der Waals surface area contributed by atoms with Gasteiger partial charge in [0, 0.05) is 11.6 Å². The molecule has 0 aliphatic carbocycles. The van der Waals surface area contributed by atoms with Crippen LogP contribution in [-0.2, 0) is 6.54 Å². The maximum absolute atomic E-state index is 13.3. The normalized spacial score (nSPS) is 12.6. The van der Waals surface area contributed by atoms with Gasteiger partial charge in [-0.1, -0.05) is 24.3 Å². The van der Waals surface area contributed by atoms with Crippen LogP contribution in [0.5, 0.6) is 0 Å².